The molecule has 2 aromatic carbocycles. The maximum atomic E-state index is 11.5. The molecule has 3 aliphatic heterocycles. The monoisotopic (exact) mass is 759 g/mol. The molecule has 0 unspecified atom stereocenters. The molecule has 0 aliphatic carbocycles. The van der Waals surface area contributed by atoms with E-state index in [0.717, 1.165) is 63.0 Å². The zero-order valence-corrected chi connectivity index (χ0v) is 28.7. The fourth-order valence-corrected chi connectivity index (χ4v) is 6.66. The Morgan fingerprint density at radius 3 is 1.67 bits per heavy atom. The number of nitrogens with zero attached hydrogens (tertiary/aromatic N) is 2. The summed E-state index contributed by atoms with van der Waals surface area (Å²) in [5.74, 6) is -0.604. The number of amides is 6. The first-order chi connectivity index (χ1) is 24.9. The number of rotatable bonds is 5. The predicted octanol–water partition coefficient (Wildman–Crippen LogP) is 5.84. The van der Waals surface area contributed by atoms with Gasteiger partial charge in [-0.15, -0.1) is 5.10 Å². The molecular formula is C33H21N5O11S3. The molecular weight excluding hydrogens is 739 g/mol. The zero-order valence-electron chi connectivity index (χ0n) is 26.3. The van der Waals surface area contributed by atoms with E-state index in [2.05, 4.69) is 30.8 Å². The van der Waals surface area contributed by atoms with Crippen LogP contribution in [0.15, 0.2) is 82.8 Å². The fourth-order valence-electron chi connectivity index (χ4n) is 4.63. The van der Waals surface area contributed by atoms with Crippen LogP contribution < -0.4 is 16.0 Å². The van der Waals surface area contributed by atoms with Gasteiger partial charge in [-0.1, -0.05) is 24.3 Å². The van der Waals surface area contributed by atoms with Gasteiger partial charge in [-0.3, -0.25) is 49.5 Å². The Balaban J connectivity index is 0.000000138. The fraction of sp³-hybridized carbons (Fsp3) is 0.0606. The molecule has 0 saturated carbocycles. The topological polar surface area (TPSA) is 241 Å². The number of fused-ring (bicyclic) bond motifs is 2. The van der Waals surface area contributed by atoms with Crippen molar-refractivity contribution in [1.29, 1.82) is 0 Å². The number of carboxylic acid groups (broad SMARTS) is 1. The first-order valence-corrected chi connectivity index (χ1v) is 17.1. The number of hydrogen-bond acceptors (Lipinski definition) is 15. The molecule has 0 bridgehead atoms. The normalized spacial score (nSPS) is 17.8. The molecule has 6 heterocycles. The first kappa shape index (κ1) is 35.6. The summed E-state index contributed by atoms with van der Waals surface area (Å²) in [6.07, 6.45) is 5.85. The summed E-state index contributed by atoms with van der Waals surface area (Å²) in [6.45, 7) is 1.89. The lowest BCUT2D eigenvalue weighted by molar-refractivity contribution is -0.136. The number of aliphatic carboxylic acids is 1. The van der Waals surface area contributed by atoms with Crippen molar-refractivity contribution in [2.75, 3.05) is 0 Å². The Bertz CT molecular complexity index is 2410. The number of benzene rings is 2. The molecule has 16 nitrogen and oxygen atoms in total. The second kappa shape index (κ2) is 15.4. The molecule has 52 heavy (non-hydrogen) atoms. The molecule has 3 saturated heterocycles. The molecule has 6 amide bonds. The van der Waals surface area contributed by atoms with E-state index in [9.17, 15) is 33.6 Å². The van der Waals surface area contributed by atoms with Crippen molar-refractivity contribution in [3.8, 4) is 0 Å². The van der Waals surface area contributed by atoms with E-state index in [4.69, 9.17) is 13.9 Å². The van der Waals surface area contributed by atoms with Gasteiger partial charge in [-0.2, -0.15) is 0 Å². The summed E-state index contributed by atoms with van der Waals surface area (Å²) >= 11 is 2.57. The number of carboxylic acids is 1. The van der Waals surface area contributed by atoms with Gasteiger partial charge >= 0.3 is 5.97 Å². The highest BCUT2D eigenvalue weighted by Crippen LogP contribution is 2.29. The molecule has 0 atom stereocenters. The van der Waals surface area contributed by atoms with Crippen LogP contribution in [0, 0.1) is 6.92 Å². The third-order valence-corrected chi connectivity index (χ3v) is 9.19. The number of furan rings is 2. The number of thioether (sulfide) groups is 3. The van der Waals surface area contributed by atoms with Crippen molar-refractivity contribution in [2.45, 2.75) is 13.3 Å². The van der Waals surface area contributed by atoms with E-state index >= 15 is 0 Å². The van der Waals surface area contributed by atoms with Gasteiger partial charge in [0.2, 0.25) is 0 Å². The highest BCUT2D eigenvalue weighted by molar-refractivity contribution is 8.19. The second-order valence-corrected chi connectivity index (χ2v) is 13.7. The lowest BCUT2D eigenvalue weighted by Gasteiger charge is -1.95. The van der Waals surface area contributed by atoms with Gasteiger partial charge in [0.1, 0.15) is 29.1 Å². The van der Waals surface area contributed by atoms with Crippen molar-refractivity contribution in [3.05, 3.63) is 97.9 Å². The molecule has 0 radical (unpaired) electrons. The van der Waals surface area contributed by atoms with Crippen LogP contribution in [0.1, 0.15) is 28.4 Å². The van der Waals surface area contributed by atoms with Crippen LogP contribution in [-0.2, 0) is 25.6 Å². The van der Waals surface area contributed by atoms with Gasteiger partial charge in [0.15, 0.2) is 5.76 Å². The Morgan fingerprint density at radius 2 is 1.21 bits per heavy atom. The van der Waals surface area contributed by atoms with Crippen LogP contribution in [0.5, 0.6) is 0 Å². The Kier molecular flexibility index (Phi) is 10.5. The minimum Gasteiger partial charge on any atom is -0.481 e. The lowest BCUT2D eigenvalue weighted by atomic mass is 10.1. The van der Waals surface area contributed by atoms with Crippen molar-refractivity contribution < 1.29 is 52.0 Å². The molecule has 3 aromatic heterocycles. The van der Waals surface area contributed by atoms with Gasteiger partial charge in [0, 0.05) is 22.1 Å². The quantitative estimate of drug-likeness (QED) is 0.154. The van der Waals surface area contributed by atoms with E-state index < -0.39 is 23.0 Å². The summed E-state index contributed by atoms with van der Waals surface area (Å²) in [5.41, 5.74) is 2.85. The number of hydrogen-bond donors (Lipinski definition) is 4. The van der Waals surface area contributed by atoms with E-state index in [1.54, 1.807) is 36.4 Å². The molecule has 3 aliphatic rings. The van der Waals surface area contributed by atoms with E-state index in [-0.39, 0.29) is 27.7 Å². The van der Waals surface area contributed by atoms with E-state index in [0.29, 0.717) is 32.5 Å². The SMILES string of the molecule is Cc1cc2ccc(C=C3SC(=O)NC3=O)cc2o1.O=C(O)Cc1cc2ccc(C=C3SC(=O)NC3=O)cc2o1.O=C1NC(=O)C(=Cc2cnno2)S1. The zero-order chi connectivity index (χ0) is 36.9. The molecule has 262 valence electrons. The maximum absolute atomic E-state index is 11.5. The van der Waals surface area contributed by atoms with Crippen molar-refractivity contribution in [3.63, 3.8) is 0 Å². The first-order valence-electron chi connectivity index (χ1n) is 14.6. The van der Waals surface area contributed by atoms with Gasteiger partial charge in [-0.25, -0.2) is 0 Å². The minimum absolute atomic E-state index is 0.183. The van der Waals surface area contributed by atoms with Gasteiger partial charge in [-0.05, 0) is 89.8 Å². The minimum atomic E-state index is -0.964. The number of aryl methyl sites for hydroxylation is 1. The Hall–Kier alpha value is -6.18. The molecule has 4 N–H and O–H groups in total. The van der Waals surface area contributed by atoms with Crippen LogP contribution in [-0.4, -0.2) is 54.9 Å². The molecule has 0 spiro atoms. The summed E-state index contributed by atoms with van der Waals surface area (Å²) in [6, 6.07) is 14.5. The number of carbonyl (C=O) groups excluding carboxylic acids is 6. The maximum Gasteiger partial charge on any atom is 0.311 e. The summed E-state index contributed by atoms with van der Waals surface area (Å²) in [5, 5.41) is 22.6. The summed E-state index contributed by atoms with van der Waals surface area (Å²) in [7, 11) is 0. The highest BCUT2D eigenvalue weighted by atomic mass is 32.2. The average molecular weight is 760 g/mol. The molecule has 8 rings (SSSR count). The average Bonchev–Trinajstić information content (AvgIpc) is 3.93. The van der Waals surface area contributed by atoms with Crippen LogP contribution in [0.4, 0.5) is 14.4 Å². The van der Waals surface area contributed by atoms with Crippen LogP contribution in [0.3, 0.4) is 0 Å². The molecule has 5 aromatic rings. The summed E-state index contributed by atoms with van der Waals surface area (Å²) < 4.78 is 15.6. The number of aromatic nitrogens is 2. The van der Waals surface area contributed by atoms with Crippen molar-refractivity contribution in [1.82, 2.24) is 26.3 Å². The van der Waals surface area contributed by atoms with E-state index in [1.807, 2.05) is 31.2 Å². The smallest absolute Gasteiger partial charge is 0.311 e. The second-order valence-electron chi connectivity index (χ2n) is 10.6. The van der Waals surface area contributed by atoms with Crippen molar-refractivity contribution >= 4 is 115 Å². The van der Waals surface area contributed by atoms with Gasteiger partial charge < -0.3 is 18.5 Å². The third-order valence-electron chi connectivity index (χ3n) is 6.76. The number of carbonyl (C=O) groups is 7. The van der Waals surface area contributed by atoms with Crippen LogP contribution in [0.2, 0.25) is 0 Å². The standard InChI is InChI=1S/C14H9NO5S.C13H9NO3S.C6H3N3O3S/c16-12(17)6-9-5-8-2-1-7(3-10(8)20-9)4-11-13(18)15-14(19)21-11;1-7-4-9-3-2-8(5-10(9)17-7)6-11-12(15)14-13(16)18-11;10-5-4(13-6(11)8-5)1-3-2-7-9-12-3/h1-5H,6H2,(H,16,17)(H,15,18,19);2-6H,1H3,(H,14,15,16);1-2H,(H,8,10,11). The van der Waals surface area contributed by atoms with Crippen LogP contribution in [0.25, 0.3) is 40.2 Å². The van der Waals surface area contributed by atoms with Gasteiger partial charge in [0.25, 0.3) is 33.4 Å². The number of imide groups is 3. The Labute approximate surface area is 303 Å². The van der Waals surface area contributed by atoms with Crippen LogP contribution >= 0.6 is 35.3 Å². The van der Waals surface area contributed by atoms with Crippen molar-refractivity contribution in [2.24, 2.45) is 0 Å². The molecule has 3 fully saturated rings. The third kappa shape index (κ3) is 8.94. The largest absolute Gasteiger partial charge is 0.481 e. The predicted molar refractivity (Wildman–Crippen MR) is 190 cm³/mol. The lowest BCUT2D eigenvalue weighted by Crippen LogP contribution is -2.17. The van der Waals surface area contributed by atoms with Gasteiger partial charge in [0.05, 0.1) is 20.9 Å². The summed E-state index contributed by atoms with van der Waals surface area (Å²) in [4.78, 5) is 78.4. The Morgan fingerprint density at radius 1 is 0.712 bits per heavy atom. The number of nitrogens with one attached hydrogen (secondary N) is 3. The highest BCUT2D eigenvalue weighted by Gasteiger charge is 2.27. The molecule has 19 heteroatoms. The van der Waals surface area contributed by atoms with E-state index in [1.165, 1.54) is 12.3 Å².